The molecule has 0 bridgehead atoms. The Morgan fingerprint density at radius 2 is 2.00 bits per heavy atom. The van der Waals surface area contributed by atoms with Crippen molar-refractivity contribution in [3.63, 3.8) is 0 Å². The van der Waals surface area contributed by atoms with Gasteiger partial charge in [-0.3, -0.25) is 4.99 Å². The first kappa shape index (κ1) is 8.51. The van der Waals surface area contributed by atoms with Crippen molar-refractivity contribution >= 4 is 6.21 Å². The van der Waals surface area contributed by atoms with Crippen molar-refractivity contribution in [1.29, 1.82) is 0 Å². The molecule has 1 atom stereocenters. The fourth-order valence-electron chi connectivity index (χ4n) is 1.17. The van der Waals surface area contributed by atoms with E-state index in [1.165, 1.54) is 12.1 Å². The number of hydrogen-bond acceptors (Lipinski definition) is 1. The molecule has 0 N–H and O–H groups in total. The van der Waals surface area contributed by atoms with Crippen LogP contribution >= 0.6 is 0 Å². The van der Waals surface area contributed by atoms with Crippen molar-refractivity contribution in [1.82, 2.24) is 0 Å². The molecule has 0 aromatic heterocycles. The van der Waals surface area contributed by atoms with Gasteiger partial charge in [-0.1, -0.05) is 26.8 Å². The molecule has 0 fully saturated rings. The summed E-state index contributed by atoms with van der Waals surface area (Å²) in [6, 6.07) is 0. The van der Waals surface area contributed by atoms with E-state index in [0.29, 0.717) is 11.8 Å². The summed E-state index contributed by atoms with van der Waals surface area (Å²) in [6.45, 7) is 6.74. The Morgan fingerprint density at radius 3 is 2.45 bits per heavy atom. The Balaban J connectivity index is 2.59. The van der Waals surface area contributed by atoms with Crippen LogP contribution in [0.25, 0.3) is 0 Å². The lowest BCUT2D eigenvalue weighted by Crippen LogP contribution is -2.07. The zero-order valence-electron chi connectivity index (χ0n) is 7.67. The second-order valence-corrected chi connectivity index (χ2v) is 3.55. The number of nitrogens with zero attached hydrogens (tertiary/aromatic N) is 1. The van der Waals surface area contributed by atoms with Crippen molar-refractivity contribution in [2.24, 2.45) is 16.8 Å². The smallest absolute Gasteiger partial charge is 0.0390 e. The van der Waals surface area contributed by atoms with E-state index in [-0.39, 0.29) is 0 Å². The third-order valence-electron chi connectivity index (χ3n) is 2.36. The normalized spacial score (nSPS) is 20.2. The van der Waals surface area contributed by atoms with Crippen LogP contribution in [0, 0.1) is 11.8 Å². The summed E-state index contributed by atoms with van der Waals surface area (Å²) in [5.41, 5.74) is 1.28. The SMILES string of the molecule is CC(C)[C@@H](C)C1=CCCC=N1. The molecular weight excluding hydrogens is 134 g/mol. The quantitative estimate of drug-likeness (QED) is 0.575. The molecular formula is C10H17N. The van der Waals surface area contributed by atoms with Crippen LogP contribution < -0.4 is 0 Å². The van der Waals surface area contributed by atoms with Gasteiger partial charge in [0.05, 0.1) is 0 Å². The maximum absolute atomic E-state index is 4.39. The summed E-state index contributed by atoms with van der Waals surface area (Å²) in [7, 11) is 0. The van der Waals surface area contributed by atoms with Crippen molar-refractivity contribution in [3.05, 3.63) is 11.8 Å². The van der Waals surface area contributed by atoms with Gasteiger partial charge in [0.1, 0.15) is 0 Å². The zero-order valence-corrected chi connectivity index (χ0v) is 7.67. The van der Waals surface area contributed by atoms with Gasteiger partial charge < -0.3 is 0 Å². The minimum Gasteiger partial charge on any atom is -0.266 e. The molecule has 0 spiro atoms. The molecule has 0 amide bonds. The van der Waals surface area contributed by atoms with Crippen LogP contribution in [0.15, 0.2) is 16.8 Å². The van der Waals surface area contributed by atoms with Gasteiger partial charge in [0.2, 0.25) is 0 Å². The van der Waals surface area contributed by atoms with Crippen molar-refractivity contribution in [3.8, 4) is 0 Å². The average Bonchev–Trinajstić information content (AvgIpc) is 2.05. The van der Waals surface area contributed by atoms with Gasteiger partial charge in [-0.25, -0.2) is 0 Å². The first-order valence-electron chi connectivity index (χ1n) is 4.44. The lowest BCUT2D eigenvalue weighted by molar-refractivity contribution is 0.474. The highest BCUT2D eigenvalue weighted by molar-refractivity contribution is 5.60. The van der Waals surface area contributed by atoms with E-state index < -0.39 is 0 Å². The monoisotopic (exact) mass is 151 g/mol. The Labute approximate surface area is 69.2 Å². The van der Waals surface area contributed by atoms with Gasteiger partial charge in [0.15, 0.2) is 0 Å². The molecule has 0 radical (unpaired) electrons. The van der Waals surface area contributed by atoms with Gasteiger partial charge >= 0.3 is 0 Å². The maximum Gasteiger partial charge on any atom is 0.0390 e. The number of rotatable bonds is 2. The van der Waals surface area contributed by atoms with E-state index in [1.807, 2.05) is 6.21 Å². The van der Waals surface area contributed by atoms with Gasteiger partial charge in [-0.05, 0) is 18.8 Å². The fourth-order valence-corrected chi connectivity index (χ4v) is 1.17. The molecule has 0 saturated carbocycles. The van der Waals surface area contributed by atoms with Gasteiger partial charge in [0, 0.05) is 17.8 Å². The van der Waals surface area contributed by atoms with Gasteiger partial charge in [-0.2, -0.15) is 0 Å². The predicted octanol–water partition coefficient (Wildman–Crippen LogP) is 3.03. The second kappa shape index (κ2) is 3.70. The Bertz CT molecular complexity index is 177. The Hall–Kier alpha value is -0.590. The molecule has 0 aliphatic carbocycles. The molecule has 1 aliphatic heterocycles. The first-order chi connectivity index (χ1) is 5.22. The van der Waals surface area contributed by atoms with E-state index in [0.717, 1.165) is 6.42 Å². The van der Waals surface area contributed by atoms with Crippen molar-refractivity contribution < 1.29 is 0 Å². The summed E-state index contributed by atoms with van der Waals surface area (Å²) in [6.07, 6.45) is 6.60. The summed E-state index contributed by atoms with van der Waals surface area (Å²) in [5, 5.41) is 0. The van der Waals surface area contributed by atoms with Crippen LogP contribution in [-0.4, -0.2) is 6.21 Å². The lowest BCUT2D eigenvalue weighted by atomic mass is 9.93. The van der Waals surface area contributed by atoms with E-state index in [9.17, 15) is 0 Å². The molecule has 1 rings (SSSR count). The Kier molecular flexibility index (Phi) is 2.86. The molecule has 0 aromatic rings. The number of hydrogen-bond donors (Lipinski definition) is 0. The lowest BCUT2D eigenvalue weighted by Gasteiger charge is -2.17. The van der Waals surface area contributed by atoms with Crippen LogP contribution in [0.5, 0.6) is 0 Å². The van der Waals surface area contributed by atoms with Crippen LogP contribution in [-0.2, 0) is 0 Å². The van der Waals surface area contributed by atoms with Gasteiger partial charge in [-0.15, -0.1) is 0 Å². The van der Waals surface area contributed by atoms with E-state index in [2.05, 4.69) is 31.8 Å². The largest absolute Gasteiger partial charge is 0.266 e. The molecule has 0 aromatic carbocycles. The molecule has 1 heteroatoms. The fraction of sp³-hybridized carbons (Fsp3) is 0.700. The molecule has 1 heterocycles. The van der Waals surface area contributed by atoms with Crippen LogP contribution in [0.3, 0.4) is 0 Å². The summed E-state index contributed by atoms with van der Waals surface area (Å²) in [4.78, 5) is 4.39. The predicted molar refractivity (Wildman–Crippen MR) is 49.8 cm³/mol. The molecule has 0 saturated heterocycles. The minimum atomic E-state index is 0.617. The number of allylic oxidation sites excluding steroid dienone is 2. The summed E-state index contributed by atoms with van der Waals surface area (Å²) in [5.74, 6) is 1.32. The molecule has 62 valence electrons. The van der Waals surface area contributed by atoms with Crippen molar-refractivity contribution in [2.45, 2.75) is 33.6 Å². The third kappa shape index (κ3) is 2.18. The zero-order chi connectivity index (χ0) is 8.27. The maximum atomic E-state index is 4.39. The second-order valence-electron chi connectivity index (χ2n) is 3.55. The molecule has 1 aliphatic rings. The first-order valence-corrected chi connectivity index (χ1v) is 4.44. The average molecular weight is 151 g/mol. The highest BCUT2D eigenvalue weighted by Crippen LogP contribution is 2.22. The summed E-state index contributed by atoms with van der Waals surface area (Å²) >= 11 is 0. The van der Waals surface area contributed by atoms with Crippen LogP contribution in [0.1, 0.15) is 33.6 Å². The molecule has 1 nitrogen and oxygen atoms in total. The van der Waals surface area contributed by atoms with Crippen molar-refractivity contribution in [2.75, 3.05) is 0 Å². The van der Waals surface area contributed by atoms with Crippen LogP contribution in [0.4, 0.5) is 0 Å². The highest BCUT2D eigenvalue weighted by Gasteiger charge is 2.12. The molecule has 0 unspecified atom stereocenters. The standard InChI is InChI=1S/C10H17N/c1-8(2)9(3)10-6-4-5-7-11-10/h6-9H,4-5H2,1-3H3/t9-/m1/s1. The van der Waals surface area contributed by atoms with E-state index in [4.69, 9.17) is 0 Å². The van der Waals surface area contributed by atoms with E-state index in [1.54, 1.807) is 0 Å². The van der Waals surface area contributed by atoms with E-state index >= 15 is 0 Å². The molecule has 11 heavy (non-hydrogen) atoms. The minimum absolute atomic E-state index is 0.617. The van der Waals surface area contributed by atoms with Crippen LogP contribution in [0.2, 0.25) is 0 Å². The topological polar surface area (TPSA) is 12.4 Å². The van der Waals surface area contributed by atoms with Gasteiger partial charge in [0.25, 0.3) is 0 Å². The third-order valence-corrected chi connectivity index (χ3v) is 2.36. The Morgan fingerprint density at radius 1 is 1.27 bits per heavy atom. The summed E-state index contributed by atoms with van der Waals surface area (Å²) < 4.78 is 0. The highest BCUT2D eigenvalue weighted by atomic mass is 14.7. The number of aliphatic imine (C=N–C) groups is 1.